The van der Waals surface area contributed by atoms with Crippen LogP contribution in [0.3, 0.4) is 0 Å². The number of nitrogens with zero attached hydrogens (tertiary/aromatic N) is 1. The van der Waals surface area contributed by atoms with Crippen molar-refractivity contribution < 1.29 is 17.9 Å². The normalized spacial score (nSPS) is 23.1. The van der Waals surface area contributed by atoms with Crippen molar-refractivity contribution in [2.75, 3.05) is 39.9 Å². The summed E-state index contributed by atoms with van der Waals surface area (Å²) in [7, 11) is -1.97. The summed E-state index contributed by atoms with van der Waals surface area (Å²) in [6.45, 7) is 4.52. The van der Waals surface area contributed by atoms with Crippen LogP contribution < -0.4 is 10.0 Å². The number of benzene rings is 1. The van der Waals surface area contributed by atoms with Crippen molar-refractivity contribution in [2.45, 2.75) is 43.0 Å². The smallest absolute Gasteiger partial charge is 0.240 e. The number of sulfonamides is 1. The van der Waals surface area contributed by atoms with Gasteiger partial charge in [0.25, 0.3) is 0 Å². The van der Waals surface area contributed by atoms with Gasteiger partial charge in [0.2, 0.25) is 15.9 Å². The molecular weight excluding hydrogens is 366 g/mol. The summed E-state index contributed by atoms with van der Waals surface area (Å²) in [5, 5.41) is 3.38. The molecule has 0 radical (unpaired) electrons. The molecule has 2 aliphatic rings. The van der Waals surface area contributed by atoms with Gasteiger partial charge in [0.15, 0.2) is 0 Å². The van der Waals surface area contributed by atoms with Gasteiger partial charge in [-0.15, -0.1) is 0 Å². The Bertz CT molecular complexity index is 788. The molecule has 1 fully saturated rings. The van der Waals surface area contributed by atoms with E-state index in [4.69, 9.17) is 4.74 Å². The number of nitrogens with one attached hydrogen (secondary N) is 2. The van der Waals surface area contributed by atoms with Crippen LogP contribution in [-0.4, -0.2) is 64.7 Å². The average Bonchev–Trinajstić information content (AvgIpc) is 2.98. The molecule has 7 nitrogen and oxygen atoms in total. The maximum Gasteiger partial charge on any atom is 0.240 e. The lowest BCUT2D eigenvalue weighted by Gasteiger charge is -2.28. The molecule has 2 aliphatic heterocycles. The van der Waals surface area contributed by atoms with Crippen LogP contribution in [0, 0.1) is 0 Å². The van der Waals surface area contributed by atoms with E-state index in [1.165, 1.54) is 0 Å². The average molecular weight is 396 g/mol. The van der Waals surface area contributed by atoms with E-state index < -0.39 is 10.0 Å². The Morgan fingerprint density at radius 1 is 1.30 bits per heavy atom. The van der Waals surface area contributed by atoms with Crippen molar-refractivity contribution >= 4 is 15.9 Å². The van der Waals surface area contributed by atoms with Crippen LogP contribution in [0.5, 0.6) is 0 Å². The van der Waals surface area contributed by atoms with Gasteiger partial charge in [-0.1, -0.05) is 6.07 Å². The molecule has 0 bridgehead atoms. The van der Waals surface area contributed by atoms with Crippen molar-refractivity contribution in [3.05, 3.63) is 29.3 Å². The van der Waals surface area contributed by atoms with Crippen LogP contribution in [0.25, 0.3) is 0 Å². The molecule has 150 valence electrons. The number of rotatable bonds is 6. The fourth-order valence-corrected chi connectivity index (χ4v) is 5.15. The Hall–Kier alpha value is -1.48. The number of carbonyl (C=O) groups excluding carboxylic acids is 1. The number of hydrogen-bond donors (Lipinski definition) is 2. The molecule has 3 rings (SSSR count). The highest BCUT2D eigenvalue weighted by Crippen LogP contribution is 2.23. The van der Waals surface area contributed by atoms with E-state index in [1.807, 2.05) is 11.0 Å². The molecule has 0 spiro atoms. The fraction of sp³-hybridized carbons (Fsp3) is 0.632. The predicted octanol–water partition coefficient (Wildman–Crippen LogP) is 0.681. The van der Waals surface area contributed by atoms with Crippen molar-refractivity contribution in [3.63, 3.8) is 0 Å². The summed E-state index contributed by atoms with van der Waals surface area (Å²) in [6, 6.07) is 5.30. The van der Waals surface area contributed by atoms with Gasteiger partial charge in [0, 0.05) is 33.7 Å². The first-order valence-electron chi connectivity index (χ1n) is 9.46. The first-order chi connectivity index (χ1) is 12.9. The minimum absolute atomic E-state index is 0.0600. The van der Waals surface area contributed by atoms with Crippen molar-refractivity contribution in [2.24, 2.45) is 0 Å². The van der Waals surface area contributed by atoms with Crippen molar-refractivity contribution in [3.8, 4) is 0 Å². The second-order valence-corrected chi connectivity index (χ2v) is 9.27. The molecule has 1 aromatic rings. The van der Waals surface area contributed by atoms with Gasteiger partial charge in [-0.25, -0.2) is 13.1 Å². The number of fused-ring (bicyclic) bond motifs is 1. The Balaban J connectivity index is 1.73. The number of carbonyl (C=O) groups is 1. The second kappa shape index (κ2) is 8.26. The van der Waals surface area contributed by atoms with Crippen molar-refractivity contribution in [1.29, 1.82) is 0 Å². The van der Waals surface area contributed by atoms with E-state index in [0.29, 0.717) is 32.7 Å². The molecule has 1 unspecified atom stereocenters. The zero-order valence-corrected chi connectivity index (χ0v) is 16.9. The van der Waals surface area contributed by atoms with E-state index in [9.17, 15) is 13.2 Å². The Morgan fingerprint density at radius 3 is 2.67 bits per heavy atom. The Morgan fingerprint density at radius 2 is 2.04 bits per heavy atom. The minimum atomic E-state index is -3.61. The monoisotopic (exact) mass is 395 g/mol. The quantitative estimate of drug-likeness (QED) is 0.740. The van der Waals surface area contributed by atoms with Crippen LogP contribution in [0.4, 0.5) is 0 Å². The number of hydrogen-bond acceptors (Lipinski definition) is 5. The van der Waals surface area contributed by atoms with Gasteiger partial charge in [0.1, 0.15) is 0 Å². The zero-order chi connectivity index (χ0) is 19.5. The third kappa shape index (κ3) is 4.68. The first kappa shape index (κ1) is 20.3. The number of ether oxygens (including phenoxy) is 1. The van der Waals surface area contributed by atoms with E-state index in [2.05, 4.69) is 10.0 Å². The summed E-state index contributed by atoms with van der Waals surface area (Å²) in [5.74, 6) is 0.0600. The third-order valence-corrected chi connectivity index (χ3v) is 6.99. The highest BCUT2D eigenvalue weighted by Gasteiger charge is 2.35. The lowest BCUT2D eigenvalue weighted by molar-refractivity contribution is -0.128. The van der Waals surface area contributed by atoms with Gasteiger partial charge < -0.3 is 15.0 Å². The lowest BCUT2D eigenvalue weighted by Crippen LogP contribution is -2.52. The van der Waals surface area contributed by atoms with E-state index in [-0.39, 0.29) is 16.3 Å². The maximum atomic E-state index is 12.8. The van der Waals surface area contributed by atoms with E-state index in [1.54, 1.807) is 26.2 Å². The molecule has 2 heterocycles. The highest BCUT2D eigenvalue weighted by atomic mass is 32.2. The molecule has 2 N–H and O–H groups in total. The lowest BCUT2D eigenvalue weighted by atomic mass is 9.99. The molecule has 0 aromatic heterocycles. The molecule has 1 aromatic carbocycles. The summed E-state index contributed by atoms with van der Waals surface area (Å²) in [6.07, 6.45) is 3.32. The molecule has 1 saturated heterocycles. The van der Waals surface area contributed by atoms with Gasteiger partial charge in [0.05, 0.1) is 17.0 Å². The standard InChI is InChI=1S/C19H29N3O4S/c1-15(23)22-10-6-16-4-5-18(12-17(16)7-11-22)27(24,25)21-13-19(14-26-2)8-3-9-20-19/h4-5,12,20-21H,3,6-11,13-14H2,1-2H3. The van der Waals surface area contributed by atoms with Gasteiger partial charge in [-0.2, -0.15) is 0 Å². The molecule has 1 amide bonds. The second-order valence-electron chi connectivity index (χ2n) is 7.50. The SMILES string of the molecule is COCC1(CNS(=O)(=O)c2ccc3c(c2)CCN(C(C)=O)CC3)CCCN1. The fourth-order valence-electron chi connectivity index (χ4n) is 3.97. The third-order valence-electron chi connectivity index (χ3n) is 5.59. The van der Waals surface area contributed by atoms with Crippen LogP contribution in [0.1, 0.15) is 30.9 Å². The van der Waals surface area contributed by atoms with Gasteiger partial charge in [-0.05, 0) is 55.5 Å². The zero-order valence-electron chi connectivity index (χ0n) is 16.1. The minimum Gasteiger partial charge on any atom is -0.383 e. The van der Waals surface area contributed by atoms with Crippen LogP contribution in [0.2, 0.25) is 0 Å². The Kier molecular flexibility index (Phi) is 6.20. The maximum absolute atomic E-state index is 12.8. The largest absolute Gasteiger partial charge is 0.383 e. The first-order valence-corrected chi connectivity index (χ1v) is 10.9. The molecule has 0 saturated carbocycles. The molecule has 27 heavy (non-hydrogen) atoms. The number of methoxy groups -OCH3 is 1. The topological polar surface area (TPSA) is 87.7 Å². The number of amides is 1. The Labute approximate surface area is 161 Å². The molecule has 8 heteroatoms. The summed E-state index contributed by atoms with van der Waals surface area (Å²) in [4.78, 5) is 13.7. The van der Waals surface area contributed by atoms with Crippen LogP contribution in [0.15, 0.2) is 23.1 Å². The summed E-state index contributed by atoms with van der Waals surface area (Å²) in [5.41, 5.74) is 1.79. The van der Waals surface area contributed by atoms with Crippen LogP contribution >= 0.6 is 0 Å². The molecule has 0 aliphatic carbocycles. The molecule has 1 atom stereocenters. The van der Waals surface area contributed by atoms with Gasteiger partial charge >= 0.3 is 0 Å². The van der Waals surface area contributed by atoms with Gasteiger partial charge in [-0.3, -0.25) is 4.79 Å². The highest BCUT2D eigenvalue weighted by molar-refractivity contribution is 7.89. The summed E-state index contributed by atoms with van der Waals surface area (Å²) < 4.78 is 33.7. The van der Waals surface area contributed by atoms with E-state index in [0.717, 1.165) is 36.9 Å². The van der Waals surface area contributed by atoms with Crippen molar-refractivity contribution in [1.82, 2.24) is 14.9 Å². The predicted molar refractivity (Wildman–Crippen MR) is 103 cm³/mol. The van der Waals surface area contributed by atoms with E-state index >= 15 is 0 Å². The summed E-state index contributed by atoms with van der Waals surface area (Å²) >= 11 is 0. The molecular formula is C19H29N3O4S. The van der Waals surface area contributed by atoms with Crippen LogP contribution in [-0.2, 0) is 32.4 Å².